The number of hydrogen-bond acceptors (Lipinski definition) is 7. The monoisotopic (exact) mass is 530 g/mol. The van der Waals surface area contributed by atoms with Gasteiger partial charge in [-0.3, -0.25) is 14.4 Å². The second-order valence-electron chi connectivity index (χ2n) is 11.3. The summed E-state index contributed by atoms with van der Waals surface area (Å²) in [6.07, 6.45) is -6.77. The number of carbonyl (C=O) groups excluding carboxylic acids is 4. The first-order valence-corrected chi connectivity index (χ1v) is 12.2. The van der Waals surface area contributed by atoms with Crippen molar-refractivity contribution in [3.05, 3.63) is 23.8 Å². The Balaban J connectivity index is 1.85. The second-order valence-corrected chi connectivity index (χ2v) is 11.3. The quantitative estimate of drug-likeness (QED) is 0.436. The topological polar surface area (TPSA) is 107 Å². The van der Waals surface area contributed by atoms with E-state index >= 15 is 4.39 Å². The van der Waals surface area contributed by atoms with E-state index in [1.165, 1.54) is 19.9 Å². The molecule has 11 heteroatoms. The molecule has 37 heavy (non-hydrogen) atoms. The average Bonchev–Trinajstić information content (AvgIpc) is 3.06. The molecule has 0 aliphatic heterocycles. The third-order valence-corrected chi connectivity index (χ3v) is 9.50. The van der Waals surface area contributed by atoms with Crippen LogP contribution in [0.3, 0.4) is 0 Å². The standard InChI is InChI=1S/C26H30F4O7/c1-13-9-18-16-6-8-24(35,19(33)12-36-14(2)31)23(16,4)11-20(37-21(34)26(28,29)30)25(18,27)22(3)7-5-15(32)10-17(13)22/h10,16,18,20,35H,1,5-9,11-12H2,2-4H3/t16-,18-,20-,22-,23-,24-,25-/m0/s1. The van der Waals surface area contributed by atoms with E-state index in [1.54, 1.807) is 0 Å². The normalized spacial score (nSPS) is 41.2. The van der Waals surface area contributed by atoms with E-state index in [9.17, 15) is 37.5 Å². The van der Waals surface area contributed by atoms with Crippen molar-refractivity contribution >= 4 is 23.5 Å². The zero-order chi connectivity index (χ0) is 27.8. The van der Waals surface area contributed by atoms with Crippen molar-refractivity contribution in [2.75, 3.05) is 6.61 Å². The van der Waals surface area contributed by atoms with Gasteiger partial charge in [0.2, 0.25) is 5.78 Å². The first-order chi connectivity index (χ1) is 16.9. The van der Waals surface area contributed by atoms with Gasteiger partial charge in [-0.25, -0.2) is 9.18 Å². The summed E-state index contributed by atoms with van der Waals surface area (Å²) in [5, 5.41) is 11.6. The number of esters is 2. The minimum absolute atomic E-state index is 0.0250. The van der Waals surface area contributed by atoms with Crippen LogP contribution in [-0.2, 0) is 28.7 Å². The van der Waals surface area contributed by atoms with E-state index in [0.29, 0.717) is 11.1 Å². The molecule has 0 radical (unpaired) electrons. The Morgan fingerprint density at radius 1 is 1.19 bits per heavy atom. The third kappa shape index (κ3) is 3.79. The lowest BCUT2D eigenvalue weighted by Gasteiger charge is -2.64. The molecule has 0 spiro atoms. The van der Waals surface area contributed by atoms with Crippen LogP contribution in [0.2, 0.25) is 0 Å². The molecular formula is C26H30F4O7. The summed E-state index contributed by atoms with van der Waals surface area (Å²) in [7, 11) is 0. The Morgan fingerprint density at radius 2 is 1.84 bits per heavy atom. The average molecular weight is 531 g/mol. The number of rotatable bonds is 4. The molecule has 3 saturated carbocycles. The minimum atomic E-state index is -5.40. The molecule has 0 saturated heterocycles. The molecule has 4 rings (SSSR count). The number of ether oxygens (including phenoxy) is 2. The van der Waals surface area contributed by atoms with Gasteiger partial charge in [0.05, 0.1) is 0 Å². The van der Waals surface area contributed by atoms with Gasteiger partial charge in [-0.1, -0.05) is 26.0 Å². The Kier molecular flexibility index (Phi) is 6.29. The molecule has 4 aliphatic rings. The van der Waals surface area contributed by atoms with Gasteiger partial charge >= 0.3 is 18.1 Å². The Morgan fingerprint density at radius 3 is 2.43 bits per heavy atom. The fraction of sp³-hybridized carbons (Fsp3) is 0.692. The zero-order valence-corrected chi connectivity index (χ0v) is 20.9. The molecule has 7 atom stereocenters. The van der Waals surface area contributed by atoms with E-state index in [4.69, 9.17) is 9.47 Å². The first kappa shape index (κ1) is 27.5. The molecule has 0 bridgehead atoms. The molecule has 1 N–H and O–H groups in total. The van der Waals surface area contributed by atoms with Crippen LogP contribution in [0.4, 0.5) is 17.6 Å². The predicted octanol–water partition coefficient (Wildman–Crippen LogP) is 3.72. The van der Waals surface area contributed by atoms with E-state index in [0.717, 1.165) is 6.92 Å². The highest BCUT2D eigenvalue weighted by Gasteiger charge is 2.76. The summed E-state index contributed by atoms with van der Waals surface area (Å²) in [6.45, 7) is 7.33. The van der Waals surface area contributed by atoms with Crippen LogP contribution < -0.4 is 0 Å². The van der Waals surface area contributed by atoms with Crippen LogP contribution in [-0.4, -0.2) is 58.8 Å². The van der Waals surface area contributed by atoms with Gasteiger partial charge in [-0.05, 0) is 49.7 Å². The summed E-state index contributed by atoms with van der Waals surface area (Å²) in [4.78, 5) is 48.5. The molecule has 0 heterocycles. The lowest BCUT2D eigenvalue weighted by molar-refractivity contribution is -0.251. The summed E-state index contributed by atoms with van der Waals surface area (Å²) in [5.41, 5.74) is -6.93. The summed E-state index contributed by atoms with van der Waals surface area (Å²) >= 11 is 0. The number of ketones is 2. The van der Waals surface area contributed by atoms with Gasteiger partial charge in [0.1, 0.15) is 11.7 Å². The lowest BCUT2D eigenvalue weighted by Crippen LogP contribution is -2.70. The zero-order valence-electron chi connectivity index (χ0n) is 20.9. The van der Waals surface area contributed by atoms with Crippen LogP contribution in [0, 0.1) is 22.7 Å². The van der Waals surface area contributed by atoms with Crippen LogP contribution in [0.15, 0.2) is 23.8 Å². The van der Waals surface area contributed by atoms with Crippen molar-refractivity contribution in [1.82, 2.24) is 0 Å². The largest absolute Gasteiger partial charge is 0.490 e. The maximum atomic E-state index is 17.7. The lowest BCUT2D eigenvalue weighted by atomic mass is 9.43. The van der Waals surface area contributed by atoms with Crippen molar-refractivity contribution in [2.45, 2.75) is 82.8 Å². The van der Waals surface area contributed by atoms with E-state index in [1.807, 2.05) is 0 Å². The van der Waals surface area contributed by atoms with Crippen LogP contribution >= 0.6 is 0 Å². The number of fused-ring (bicyclic) bond motifs is 5. The number of halogens is 4. The van der Waals surface area contributed by atoms with Gasteiger partial charge in [0.25, 0.3) is 0 Å². The van der Waals surface area contributed by atoms with Gasteiger partial charge in [0.15, 0.2) is 18.1 Å². The number of hydrogen-bond donors (Lipinski definition) is 1. The smallest absolute Gasteiger partial charge is 0.458 e. The van der Waals surface area contributed by atoms with Crippen LogP contribution in [0.25, 0.3) is 0 Å². The fourth-order valence-corrected chi connectivity index (χ4v) is 7.60. The van der Waals surface area contributed by atoms with Crippen molar-refractivity contribution in [2.24, 2.45) is 22.7 Å². The number of allylic oxidation sites excluding steroid dienone is 2. The number of carbonyl (C=O) groups is 4. The predicted molar refractivity (Wildman–Crippen MR) is 119 cm³/mol. The maximum Gasteiger partial charge on any atom is 0.490 e. The molecular weight excluding hydrogens is 500 g/mol. The second kappa shape index (κ2) is 8.47. The third-order valence-electron chi connectivity index (χ3n) is 9.50. The van der Waals surface area contributed by atoms with Crippen molar-refractivity contribution < 1.29 is 51.3 Å². The molecule has 0 aromatic heterocycles. The molecule has 0 aromatic carbocycles. The summed E-state index contributed by atoms with van der Waals surface area (Å²) in [6, 6.07) is 0. The van der Waals surface area contributed by atoms with E-state index in [2.05, 4.69) is 6.58 Å². The molecule has 3 fully saturated rings. The number of aliphatic hydroxyl groups is 1. The van der Waals surface area contributed by atoms with Gasteiger partial charge in [-0.15, -0.1) is 0 Å². The van der Waals surface area contributed by atoms with Gasteiger partial charge < -0.3 is 14.6 Å². The van der Waals surface area contributed by atoms with Crippen molar-refractivity contribution in [3.8, 4) is 0 Å². The van der Waals surface area contributed by atoms with Gasteiger partial charge in [-0.2, -0.15) is 13.2 Å². The number of Topliss-reactive ketones (excluding diaryl/α,β-unsaturated/α-hetero) is 1. The van der Waals surface area contributed by atoms with Gasteiger partial charge in [0, 0.05) is 30.1 Å². The minimum Gasteiger partial charge on any atom is -0.458 e. The highest BCUT2D eigenvalue weighted by Crippen LogP contribution is 2.71. The molecule has 7 nitrogen and oxygen atoms in total. The highest BCUT2D eigenvalue weighted by molar-refractivity contribution is 5.93. The Labute approximate surface area is 211 Å². The van der Waals surface area contributed by atoms with E-state index < -0.39 is 77.0 Å². The van der Waals surface area contributed by atoms with E-state index in [-0.39, 0.29) is 37.9 Å². The SMILES string of the molecule is C=C1C[C@H]2[C@@H]3CC[C@](O)(C(=O)COC(C)=O)[C@@]3(C)C[C@H](OC(=O)C(F)(F)F)[C@]2(F)[C@@]2(C)CCC(=O)C=C12. The molecule has 0 unspecified atom stereocenters. The molecule has 0 aromatic rings. The Hall–Kier alpha value is -2.56. The van der Waals surface area contributed by atoms with Crippen molar-refractivity contribution in [3.63, 3.8) is 0 Å². The fourth-order valence-electron chi connectivity index (χ4n) is 7.60. The highest BCUT2D eigenvalue weighted by atomic mass is 19.4. The summed E-state index contributed by atoms with van der Waals surface area (Å²) in [5.74, 6) is -6.21. The van der Waals surface area contributed by atoms with Crippen LogP contribution in [0.1, 0.15) is 59.3 Å². The maximum absolute atomic E-state index is 17.7. The molecule has 0 amide bonds. The number of alkyl halides is 4. The van der Waals surface area contributed by atoms with Crippen LogP contribution in [0.5, 0.6) is 0 Å². The first-order valence-electron chi connectivity index (χ1n) is 12.2. The molecule has 204 valence electrons. The summed E-state index contributed by atoms with van der Waals surface area (Å²) < 4.78 is 67.2. The van der Waals surface area contributed by atoms with Crippen molar-refractivity contribution in [1.29, 1.82) is 0 Å². The molecule has 4 aliphatic carbocycles. The Bertz CT molecular complexity index is 1110.